The number of hydrogen-bond donors (Lipinski definition) is 3. The summed E-state index contributed by atoms with van der Waals surface area (Å²) in [6.45, 7) is -0.489. The van der Waals surface area contributed by atoms with E-state index in [0.717, 1.165) is 6.07 Å². The zero-order chi connectivity index (χ0) is 20.3. The van der Waals surface area contributed by atoms with Gasteiger partial charge in [0, 0.05) is 22.4 Å². The SMILES string of the molecule is Nc1nccnc1-c1ccc(C(=O)NC(CO)c2cc(F)cc(Br)c2)c(F)c1. The number of anilines is 1. The number of nitrogen functional groups attached to an aromatic ring is 1. The zero-order valence-electron chi connectivity index (χ0n) is 14.4. The normalized spacial score (nSPS) is 11.9. The molecule has 2 aromatic carbocycles. The number of amides is 1. The summed E-state index contributed by atoms with van der Waals surface area (Å²) in [5.74, 6) is -1.95. The molecule has 28 heavy (non-hydrogen) atoms. The van der Waals surface area contributed by atoms with Gasteiger partial charge < -0.3 is 16.2 Å². The van der Waals surface area contributed by atoms with E-state index in [-0.39, 0.29) is 11.4 Å². The van der Waals surface area contributed by atoms with Gasteiger partial charge in [-0.3, -0.25) is 9.78 Å². The van der Waals surface area contributed by atoms with Gasteiger partial charge in [0.05, 0.1) is 18.2 Å². The van der Waals surface area contributed by atoms with E-state index in [4.69, 9.17) is 5.73 Å². The fraction of sp³-hybridized carbons (Fsp3) is 0.105. The topological polar surface area (TPSA) is 101 Å². The van der Waals surface area contributed by atoms with Crippen molar-refractivity contribution in [3.05, 3.63) is 76.0 Å². The summed E-state index contributed by atoms with van der Waals surface area (Å²) < 4.78 is 28.6. The third-order valence-electron chi connectivity index (χ3n) is 3.99. The lowest BCUT2D eigenvalue weighted by molar-refractivity contribution is 0.0912. The van der Waals surface area contributed by atoms with Crippen LogP contribution in [-0.4, -0.2) is 27.6 Å². The Labute approximate surface area is 167 Å². The molecule has 144 valence electrons. The second-order valence-corrected chi connectivity index (χ2v) is 6.81. The molecule has 0 fully saturated rings. The predicted octanol–water partition coefficient (Wildman–Crippen LogP) is 3.23. The Morgan fingerprint density at radius 3 is 2.57 bits per heavy atom. The number of carbonyl (C=O) groups excluding carboxylic acids is 1. The third-order valence-corrected chi connectivity index (χ3v) is 4.45. The zero-order valence-corrected chi connectivity index (χ0v) is 16.0. The molecule has 3 aromatic rings. The molecule has 9 heteroatoms. The van der Waals surface area contributed by atoms with Gasteiger partial charge in [0.1, 0.15) is 23.1 Å². The first-order valence-electron chi connectivity index (χ1n) is 8.13. The highest BCUT2D eigenvalue weighted by atomic mass is 79.9. The average molecular weight is 449 g/mol. The number of aliphatic hydroxyl groups excluding tert-OH is 1. The van der Waals surface area contributed by atoms with Gasteiger partial charge in [0.25, 0.3) is 5.91 Å². The van der Waals surface area contributed by atoms with Crippen molar-refractivity contribution in [2.24, 2.45) is 0 Å². The van der Waals surface area contributed by atoms with Gasteiger partial charge in [-0.25, -0.2) is 13.8 Å². The molecular weight excluding hydrogens is 434 g/mol. The summed E-state index contributed by atoms with van der Waals surface area (Å²) >= 11 is 3.15. The van der Waals surface area contributed by atoms with Crippen LogP contribution in [0.25, 0.3) is 11.3 Å². The molecule has 1 heterocycles. The van der Waals surface area contributed by atoms with E-state index in [1.54, 1.807) is 6.07 Å². The molecule has 6 nitrogen and oxygen atoms in total. The largest absolute Gasteiger partial charge is 0.394 e. The number of aliphatic hydroxyl groups is 1. The lowest BCUT2D eigenvalue weighted by Gasteiger charge is -2.18. The number of nitrogens with zero attached hydrogens (tertiary/aromatic N) is 2. The smallest absolute Gasteiger partial charge is 0.254 e. The number of carbonyl (C=O) groups is 1. The van der Waals surface area contributed by atoms with Crippen LogP contribution in [0.2, 0.25) is 0 Å². The Morgan fingerprint density at radius 1 is 1.18 bits per heavy atom. The predicted molar refractivity (Wildman–Crippen MR) is 103 cm³/mol. The lowest BCUT2D eigenvalue weighted by atomic mass is 10.0. The number of aromatic nitrogens is 2. The maximum atomic E-state index is 14.5. The first kappa shape index (κ1) is 19.8. The highest BCUT2D eigenvalue weighted by Gasteiger charge is 2.19. The van der Waals surface area contributed by atoms with Crippen LogP contribution >= 0.6 is 15.9 Å². The number of nitrogens with one attached hydrogen (secondary N) is 1. The number of rotatable bonds is 5. The molecule has 1 aromatic heterocycles. The van der Waals surface area contributed by atoms with Gasteiger partial charge in [0.15, 0.2) is 0 Å². The van der Waals surface area contributed by atoms with E-state index in [0.29, 0.717) is 21.3 Å². The van der Waals surface area contributed by atoms with Crippen LogP contribution in [0.15, 0.2) is 53.3 Å². The van der Waals surface area contributed by atoms with Crippen molar-refractivity contribution in [1.29, 1.82) is 0 Å². The van der Waals surface area contributed by atoms with Gasteiger partial charge in [-0.1, -0.05) is 22.0 Å². The molecule has 1 amide bonds. The quantitative estimate of drug-likeness (QED) is 0.556. The van der Waals surface area contributed by atoms with E-state index < -0.39 is 30.2 Å². The second-order valence-electron chi connectivity index (χ2n) is 5.90. The molecule has 0 saturated heterocycles. The van der Waals surface area contributed by atoms with Crippen molar-refractivity contribution in [1.82, 2.24) is 15.3 Å². The molecule has 0 spiro atoms. The molecule has 0 radical (unpaired) electrons. The molecule has 0 saturated carbocycles. The van der Waals surface area contributed by atoms with Gasteiger partial charge in [-0.05, 0) is 35.9 Å². The van der Waals surface area contributed by atoms with Crippen LogP contribution in [0.1, 0.15) is 22.0 Å². The van der Waals surface area contributed by atoms with Crippen molar-refractivity contribution >= 4 is 27.7 Å². The van der Waals surface area contributed by atoms with E-state index in [1.165, 1.54) is 36.7 Å². The van der Waals surface area contributed by atoms with Crippen LogP contribution in [0, 0.1) is 11.6 Å². The number of halogens is 3. The molecule has 0 aliphatic carbocycles. The Bertz CT molecular complexity index is 1010. The Kier molecular flexibility index (Phi) is 5.96. The highest BCUT2D eigenvalue weighted by Crippen LogP contribution is 2.25. The summed E-state index contributed by atoms with van der Waals surface area (Å²) in [6.07, 6.45) is 2.84. The van der Waals surface area contributed by atoms with Crippen LogP contribution < -0.4 is 11.1 Å². The summed E-state index contributed by atoms with van der Waals surface area (Å²) in [7, 11) is 0. The van der Waals surface area contributed by atoms with Crippen molar-refractivity contribution in [2.75, 3.05) is 12.3 Å². The van der Waals surface area contributed by atoms with E-state index in [1.807, 2.05) is 0 Å². The fourth-order valence-electron chi connectivity index (χ4n) is 2.66. The standard InChI is InChI=1S/C19H15BrF2N4O2/c20-12-5-11(6-13(21)8-12)16(9-27)26-19(28)14-2-1-10(7-15(14)22)17-18(23)25-4-3-24-17/h1-8,16,27H,9H2,(H2,23,25)(H,26,28). The Hall–Kier alpha value is -2.91. The van der Waals surface area contributed by atoms with E-state index >= 15 is 0 Å². The minimum atomic E-state index is -0.908. The van der Waals surface area contributed by atoms with E-state index in [9.17, 15) is 18.7 Å². The molecule has 1 atom stereocenters. The summed E-state index contributed by atoms with van der Waals surface area (Å²) in [5, 5.41) is 12.1. The minimum Gasteiger partial charge on any atom is -0.394 e. The molecule has 0 aliphatic rings. The van der Waals surface area contributed by atoms with Gasteiger partial charge in [0.2, 0.25) is 0 Å². The summed E-state index contributed by atoms with van der Waals surface area (Å²) in [6, 6.07) is 6.98. The van der Waals surface area contributed by atoms with E-state index in [2.05, 4.69) is 31.2 Å². The fourth-order valence-corrected chi connectivity index (χ4v) is 3.15. The van der Waals surface area contributed by atoms with Gasteiger partial charge >= 0.3 is 0 Å². The van der Waals surface area contributed by atoms with Crippen LogP contribution in [0.3, 0.4) is 0 Å². The van der Waals surface area contributed by atoms with Crippen LogP contribution in [0.4, 0.5) is 14.6 Å². The van der Waals surface area contributed by atoms with Gasteiger partial charge in [-0.2, -0.15) is 0 Å². The molecule has 0 bridgehead atoms. The van der Waals surface area contributed by atoms with Crippen molar-refractivity contribution in [2.45, 2.75) is 6.04 Å². The first-order chi connectivity index (χ1) is 13.4. The third kappa shape index (κ3) is 4.32. The Balaban J connectivity index is 1.85. The maximum absolute atomic E-state index is 14.5. The van der Waals surface area contributed by atoms with Crippen molar-refractivity contribution < 1.29 is 18.7 Å². The van der Waals surface area contributed by atoms with Crippen LogP contribution in [-0.2, 0) is 0 Å². The van der Waals surface area contributed by atoms with Crippen molar-refractivity contribution in [3.63, 3.8) is 0 Å². The maximum Gasteiger partial charge on any atom is 0.254 e. The number of benzene rings is 2. The first-order valence-corrected chi connectivity index (χ1v) is 8.92. The highest BCUT2D eigenvalue weighted by molar-refractivity contribution is 9.10. The molecule has 4 N–H and O–H groups in total. The summed E-state index contributed by atoms with van der Waals surface area (Å²) in [5.41, 5.74) is 6.50. The lowest BCUT2D eigenvalue weighted by Crippen LogP contribution is -2.31. The van der Waals surface area contributed by atoms with Gasteiger partial charge in [-0.15, -0.1) is 0 Å². The summed E-state index contributed by atoms with van der Waals surface area (Å²) in [4.78, 5) is 20.4. The number of hydrogen-bond acceptors (Lipinski definition) is 5. The second kappa shape index (κ2) is 8.41. The molecule has 0 aliphatic heterocycles. The molecule has 1 unspecified atom stereocenters. The number of nitrogens with two attached hydrogens (primary N) is 1. The van der Waals surface area contributed by atoms with Crippen molar-refractivity contribution in [3.8, 4) is 11.3 Å². The monoisotopic (exact) mass is 448 g/mol. The average Bonchev–Trinajstić information content (AvgIpc) is 2.65. The molecule has 3 rings (SSSR count). The minimum absolute atomic E-state index is 0.135. The molecular formula is C19H15BrF2N4O2. The van der Waals surface area contributed by atoms with Crippen LogP contribution in [0.5, 0.6) is 0 Å². The Morgan fingerprint density at radius 2 is 1.93 bits per heavy atom.